The largest absolute Gasteiger partial charge is 0.487 e. The van der Waals surface area contributed by atoms with Gasteiger partial charge in [-0.3, -0.25) is 14.5 Å². The Kier molecular flexibility index (Phi) is 6.71. The molecule has 2 heterocycles. The van der Waals surface area contributed by atoms with Gasteiger partial charge in [-0.1, -0.05) is 29.8 Å². The highest BCUT2D eigenvalue weighted by Crippen LogP contribution is 2.26. The third-order valence-electron chi connectivity index (χ3n) is 4.63. The van der Waals surface area contributed by atoms with E-state index in [1.165, 1.54) is 6.07 Å². The summed E-state index contributed by atoms with van der Waals surface area (Å²) in [4.78, 5) is 17.1. The average Bonchev–Trinajstić information content (AvgIpc) is 3.32. The van der Waals surface area contributed by atoms with E-state index in [1.54, 1.807) is 48.0 Å². The monoisotopic (exact) mass is 479 g/mol. The molecule has 0 unspecified atom stereocenters. The molecule has 4 rings (SSSR count). The van der Waals surface area contributed by atoms with Crippen molar-refractivity contribution in [2.24, 2.45) is 0 Å². The third kappa shape index (κ3) is 5.76. The Labute approximate surface area is 196 Å². The first-order chi connectivity index (χ1) is 15.9. The number of nitrogens with zero attached hydrogens (tertiary/aromatic N) is 1. The third-order valence-corrected chi connectivity index (χ3v) is 7.10. The number of thiophene rings is 1. The molecule has 168 valence electrons. The number of hydrogen-bond donors (Lipinski definition) is 2. The molecule has 0 saturated carbocycles. The number of benzene rings is 2. The van der Waals surface area contributed by atoms with E-state index in [2.05, 4.69) is 15.0 Å². The van der Waals surface area contributed by atoms with Gasteiger partial charge in [0.1, 0.15) is 22.1 Å². The fraction of sp³-hybridized carbons (Fsp3) is 0.0833. The van der Waals surface area contributed by atoms with Crippen molar-refractivity contribution in [2.45, 2.75) is 18.4 Å². The maximum Gasteiger partial charge on any atom is 0.267 e. The van der Waals surface area contributed by atoms with Crippen LogP contribution in [0.2, 0.25) is 0 Å². The lowest BCUT2D eigenvalue weighted by atomic mass is 10.2. The first-order valence-corrected chi connectivity index (χ1v) is 12.4. The van der Waals surface area contributed by atoms with Crippen LogP contribution in [0, 0.1) is 6.92 Å². The summed E-state index contributed by atoms with van der Waals surface area (Å²) in [6, 6.07) is 20.8. The van der Waals surface area contributed by atoms with Gasteiger partial charge < -0.3 is 10.1 Å². The Morgan fingerprint density at radius 3 is 2.58 bits per heavy atom. The number of ether oxygens (including phenoxy) is 1. The topological polar surface area (TPSA) is 97.4 Å². The Hall–Kier alpha value is -3.69. The van der Waals surface area contributed by atoms with Crippen LogP contribution in [-0.2, 0) is 16.6 Å². The van der Waals surface area contributed by atoms with Crippen LogP contribution in [0.25, 0.3) is 0 Å². The summed E-state index contributed by atoms with van der Waals surface area (Å²) >= 11 is 1.06. The number of carbonyl (C=O) groups is 1. The highest BCUT2D eigenvalue weighted by atomic mass is 32.2. The normalized spacial score (nSPS) is 11.1. The molecule has 0 spiro atoms. The van der Waals surface area contributed by atoms with E-state index in [0.29, 0.717) is 17.1 Å². The van der Waals surface area contributed by atoms with Crippen molar-refractivity contribution in [3.05, 3.63) is 101 Å². The Bertz CT molecular complexity index is 1350. The number of aryl methyl sites for hydroxylation is 1. The first kappa shape index (κ1) is 22.5. The second kappa shape index (κ2) is 9.85. The number of anilines is 2. The summed E-state index contributed by atoms with van der Waals surface area (Å²) in [5.74, 6) is 0.0367. The molecule has 0 saturated heterocycles. The molecule has 0 fully saturated rings. The molecule has 0 aliphatic rings. The van der Waals surface area contributed by atoms with Crippen molar-refractivity contribution in [3.8, 4) is 5.75 Å². The molecule has 0 aliphatic heterocycles. The molecule has 0 aliphatic carbocycles. The van der Waals surface area contributed by atoms with Gasteiger partial charge in [-0.05, 0) is 54.8 Å². The van der Waals surface area contributed by atoms with E-state index in [9.17, 15) is 13.2 Å². The number of carbonyl (C=O) groups excluding carboxylic acids is 1. The molecule has 1 amide bonds. The van der Waals surface area contributed by atoms with Gasteiger partial charge in [0.15, 0.2) is 0 Å². The SMILES string of the molecule is Cc1ccc(NS(=O)(=O)c2ccsc2C(=O)Nc2cccc(OCc3ccccn3)c2)cc1. The predicted octanol–water partition coefficient (Wildman–Crippen LogP) is 5.08. The number of amides is 1. The molecule has 9 heteroatoms. The van der Waals surface area contributed by atoms with Gasteiger partial charge in [0.05, 0.1) is 5.69 Å². The minimum Gasteiger partial charge on any atom is -0.487 e. The Balaban J connectivity index is 1.46. The number of rotatable bonds is 8. The summed E-state index contributed by atoms with van der Waals surface area (Å²) in [6.07, 6.45) is 1.69. The first-order valence-electron chi connectivity index (χ1n) is 10.0. The molecule has 4 aromatic rings. The fourth-order valence-corrected chi connectivity index (χ4v) is 5.38. The van der Waals surface area contributed by atoms with E-state index < -0.39 is 15.9 Å². The van der Waals surface area contributed by atoms with Crippen molar-refractivity contribution in [1.29, 1.82) is 0 Å². The predicted molar refractivity (Wildman–Crippen MR) is 129 cm³/mol. The quantitative estimate of drug-likeness (QED) is 0.367. The van der Waals surface area contributed by atoms with E-state index in [1.807, 2.05) is 37.3 Å². The Morgan fingerprint density at radius 2 is 1.82 bits per heavy atom. The van der Waals surface area contributed by atoms with Crippen LogP contribution in [0.4, 0.5) is 11.4 Å². The summed E-state index contributed by atoms with van der Waals surface area (Å²) in [7, 11) is -3.93. The highest BCUT2D eigenvalue weighted by molar-refractivity contribution is 7.93. The lowest BCUT2D eigenvalue weighted by molar-refractivity contribution is 0.102. The number of sulfonamides is 1. The second-order valence-electron chi connectivity index (χ2n) is 7.18. The van der Waals surface area contributed by atoms with Crippen LogP contribution in [0.15, 0.2) is 89.3 Å². The van der Waals surface area contributed by atoms with Crippen molar-refractivity contribution in [2.75, 3.05) is 10.0 Å². The van der Waals surface area contributed by atoms with Crippen molar-refractivity contribution >= 4 is 38.6 Å². The van der Waals surface area contributed by atoms with Crippen molar-refractivity contribution in [3.63, 3.8) is 0 Å². The van der Waals surface area contributed by atoms with E-state index in [4.69, 9.17) is 4.74 Å². The maximum atomic E-state index is 12.9. The second-order valence-corrected chi connectivity index (χ2v) is 9.74. The van der Waals surface area contributed by atoms with Crippen molar-refractivity contribution < 1.29 is 17.9 Å². The van der Waals surface area contributed by atoms with Crippen molar-refractivity contribution in [1.82, 2.24) is 4.98 Å². The zero-order valence-electron chi connectivity index (χ0n) is 17.7. The smallest absolute Gasteiger partial charge is 0.267 e. The van der Waals surface area contributed by atoms with Gasteiger partial charge in [-0.2, -0.15) is 0 Å². The molecule has 7 nitrogen and oxygen atoms in total. The number of nitrogens with one attached hydrogen (secondary N) is 2. The van der Waals surface area contributed by atoms with Crippen LogP contribution in [0.1, 0.15) is 20.9 Å². The minimum absolute atomic E-state index is 0.0758. The lowest BCUT2D eigenvalue weighted by Crippen LogP contribution is -2.18. The van der Waals surface area contributed by atoms with Gasteiger partial charge in [0, 0.05) is 23.6 Å². The summed E-state index contributed by atoms with van der Waals surface area (Å²) in [6.45, 7) is 2.20. The molecule has 33 heavy (non-hydrogen) atoms. The number of aromatic nitrogens is 1. The zero-order chi connectivity index (χ0) is 23.3. The standard InChI is InChI=1S/C24H21N3O4S2/c1-17-8-10-18(11-9-17)27-33(29,30)22-12-14-32-23(22)24(28)26-19-6-4-7-21(15-19)31-16-20-5-2-3-13-25-20/h2-15,27H,16H2,1H3,(H,26,28). The van der Waals surface area contributed by atoms with Crippen LogP contribution in [0.5, 0.6) is 5.75 Å². The summed E-state index contributed by atoms with van der Waals surface area (Å²) in [5.41, 5.74) is 2.71. The lowest BCUT2D eigenvalue weighted by Gasteiger charge is -2.11. The van der Waals surface area contributed by atoms with Crippen LogP contribution in [-0.4, -0.2) is 19.3 Å². The number of hydrogen-bond acceptors (Lipinski definition) is 6. The van der Waals surface area contributed by atoms with Gasteiger partial charge >= 0.3 is 0 Å². The van der Waals surface area contributed by atoms with E-state index in [0.717, 1.165) is 22.6 Å². The van der Waals surface area contributed by atoms with Crippen LogP contribution >= 0.6 is 11.3 Å². The zero-order valence-corrected chi connectivity index (χ0v) is 19.3. The molecule has 0 radical (unpaired) electrons. The molecule has 2 aromatic heterocycles. The van der Waals surface area contributed by atoms with Crippen LogP contribution < -0.4 is 14.8 Å². The Morgan fingerprint density at radius 1 is 1.00 bits per heavy atom. The minimum atomic E-state index is -3.93. The highest BCUT2D eigenvalue weighted by Gasteiger charge is 2.24. The molecular formula is C24H21N3O4S2. The van der Waals surface area contributed by atoms with Gasteiger partial charge in [-0.25, -0.2) is 8.42 Å². The average molecular weight is 480 g/mol. The van der Waals surface area contributed by atoms with Crippen LogP contribution in [0.3, 0.4) is 0 Å². The number of pyridine rings is 1. The van der Waals surface area contributed by atoms with E-state index in [-0.39, 0.29) is 16.4 Å². The van der Waals surface area contributed by atoms with Gasteiger partial charge in [0.25, 0.3) is 15.9 Å². The van der Waals surface area contributed by atoms with Gasteiger partial charge in [-0.15, -0.1) is 11.3 Å². The van der Waals surface area contributed by atoms with E-state index >= 15 is 0 Å². The molecular weight excluding hydrogens is 458 g/mol. The fourth-order valence-electron chi connectivity index (χ4n) is 3.00. The van der Waals surface area contributed by atoms with Gasteiger partial charge in [0.2, 0.25) is 0 Å². The molecule has 0 atom stereocenters. The molecule has 2 N–H and O–H groups in total. The summed E-state index contributed by atoms with van der Waals surface area (Å²) < 4.78 is 34.0. The summed E-state index contributed by atoms with van der Waals surface area (Å²) in [5, 5.41) is 4.32. The maximum absolute atomic E-state index is 12.9. The molecule has 2 aromatic carbocycles. The molecule has 0 bridgehead atoms.